The van der Waals surface area contributed by atoms with Crippen molar-refractivity contribution in [2.24, 2.45) is 5.92 Å². The van der Waals surface area contributed by atoms with Gasteiger partial charge in [-0.2, -0.15) is 0 Å². The van der Waals surface area contributed by atoms with Crippen molar-refractivity contribution in [3.05, 3.63) is 0 Å². The van der Waals surface area contributed by atoms with Gasteiger partial charge in [0.15, 0.2) is 9.84 Å². The molecule has 13 heavy (non-hydrogen) atoms. The molecule has 0 radical (unpaired) electrons. The van der Waals surface area contributed by atoms with Crippen LogP contribution in [0.3, 0.4) is 0 Å². The molecule has 0 aromatic rings. The maximum Gasteiger partial charge on any atom is 0.150 e. The third-order valence-corrected chi connectivity index (χ3v) is 4.97. The normalized spacial score (nSPS) is 25.9. The first-order valence-corrected chi connectivity index (χ1v) is 7.03. The van der Waals surface area contributed by atoms with Crippen molar-refractivity contribution in [1.29, 1.82) is 0 Å². The van der Waals surface area contributed by atoms with Gasteiger partial charge in [-0.3, -0.25) is 0 Å². The first kappa shape index (κ1) is 11.6. The fourth-order valence-corrected chi connectivity index (χ4v) is 3.82. The largest absolute Gasteiger partial charge is 0.229 e. The second kappa shape index (κ2) is 3.95. The first-order chi connectivity index (χ1) is 5.87. The van der Waals surface area contributed by atoms with E-state index in [9.17, 15) is 8.42 Å². The zero-order valence-corrected chi connectivity index (χ0v) is 9.92. The van der Waals surface area contributed by atoms with Gasteiger partial charge in [0, 0.05) is 5.92 Å². The van der Waals surface area contributed by atoms with Crippen molar-refractivity contribution in [3.8, 4) is 0 Å². The molecule has 1 rings (SSSR count). The summed E-state index contributed by atoms with van der Waals surface area (Å²) in [6, 6.07) is 0. The lowest BCUT2D eigenvalue weighted by Gasteiger charge is -2.02. The zero-order chi connectivity index (χ0) is 10.1. The molecule has 1 fully saturated rings. The quantitative estimate of drug-likeness (QED) is 0.697. The molecule has 1 aliphatic rings. The van der Waals surface area contributed by atoms with Gasteiger partial charge in [-0.15, -0.1) is 23.2 Å². The number of unbranched alkanes of at least 4 members (excludes halogenated alkanes) is 1. The monoisotopic (exact) mass is 244 g/mol. The van der Waals surface area contributed by atoms with Crippen molar-refractivity contribution in [1.82, 2.24) is 0 Å². The summed E-state index contributed by atoms with van der Waals surface area (Å²) in [7, 11) is -2.92. The van der Waals surface area contributed by atoms with Gasteiger partial charge < -0.3 is 0 Å². The third-order valence-electron chi connectivity index (χ3n) is 2.22. The van der Waals surface area contributed by atoms with E-state index in [1.54, 1.807) is 0 Å². The highest BCUT2D eigenvalue weighted by Crippen LogP contribution is 2.53. The number of hydrogen-bond donors (Lipinski definition) is 0. The third kappa shape index (κ3) is 3.64. The highest BCUT2D eigenvalue weighted by Gasteiger charge is 2.53. The Morgan fingerprint density at radius 3 is 2.38 bits per heavy atom. The summed E-state index contributed by atoms with van der Waals surface area (Å²) in [6.07, 6.45) is 2.24. The van der Waals surface area contributed by atoms with Crippen LogP contribution >= 0.6 is 23.2 Å². The van der Waals surface area contributed by atoms with Crippen LogP contribution in [0.25, 0.3) is 0 Å². The molecule has 1 aliphatic carbocycles. The van der Waals surface area contributed by atoms with Crippen LogP contribution in [0.4, 0.5) is 0 Å². The summed E-state index contributed by atoms with van der Waals surface area (Å²) in [5.41, 5.74) is 0. The molecule has 0 bridgehead atoms. The average Bonchev–Trinajstić information content (AvgIpc) is 2.53. The maximum atomic E-state index is 11.4. The smallest absolute Gasteiger partial charge is 0.150 e. The van der Waals surface area contributed by atoms with Crippen molar-refractivity contribution in [3.63, 3.8) is 0 Å². The molecule has 0 aliphatic heterocycles. The predicted molar refractivity (Wildman–Crippen MR) is 56.1 cm³/mol. The van der Waals surface area contributed by atoms with E-state index in [4.69, 9.17) is 23.2 Å². The van der Waals surface area contributed by atoms with Crippen LogP contribution in [0.5, 0.6) is 0 Å². The molecular formula is C8H14Cl2O2S. The average molecular weight is 245 g/mol. The van der Waals surface area contributed by atoms with E-state index in [0.29, 0.717) is 6.42 Å². The van der Waals surface area contributed by atoms with Crippen LogP contribution in [-0.2, 0) is 9.84 Å². The van der Waals surface area contributed by atoms with Gasteiger partial charge in [-0.1, -0.05) is 13.3 Å². The number of hydrogen-bond acceptors (Lipinski definition) is 2. The first-order valence-electron chi connectivity index (χ1n) is 4.45. The minimum absolute atomic E-state index is 0.0438. The van der Waals surface area contributed by atoms with Gasteiger partial charge in [0.25, 0.3) is 0 Å². The van der Waals surface area contributed by atoms with E-state index in [-0.39, 0.29) is 17.4 Å². The van der Waals surface area contributed by atoms with E-state index < -0.39 is 14.2 Å². The van der Waals surface area contributed by atoms with E-state index in [1.165, 1.54) is 0 Å². The van der Waals surface area contributed by atoms with Crippen LogP contribution < -0.4 is 0 Å². The zero-order valence-electron chi connectivity index (χ0n) is 7.59. The molecule has 0 saturated heterocycles. The number of halogens is 2. The molecule has 1 atom stereocenters. The van der Waals surface area contributed by atoms with E-state index in [2.05, 4.69) is 0 Å². The van der Waals surface area contributed by atoms with Crippen molar-refractivity contribution in [2.45, 2.75) is 30.5 Å². The SMILES string of the molecule is CCCCS(=O)(=O)CC1CC1(Cl)Cl. The van der Waals surface area contributed by atoms with E-state index in [1.807, 2.05) is 6.92 Å². The fraction of sp³-hybridized carbons (Fsp3) is 1.00. The molecule has 0 heterocycles. The Kier molecular flexibility index (Phi) is 3.53. The van der Waals surface area contributed by atoms with E-state index >= 15 is 0 Å². The van der Waals surface area contributed by atoms with Crippen LogP contribution in [0.15, 0.2) is 0 Å². The topological polar surface area (TPSA) is 34.1 Å². The molecule has 0 aromatic heterocycles. The molecule has 1 saturated carbocycles. The molecular weight excluding hydrogens is 231 g/mol. The van der Waals surface area contributed by atoms with Crippen LogP contribution in [0.2, 0.25) is 0 Å². The van der Waals surface area contributed by atoms with Crippen LogP contribution in [0, 0.1) is 5.92 Å². The predicted octanol–water partition coefficient (Wildman–Crippen LogP) is 2.40. The minimum Gasteiger partial charge on any atom is -0.229 e. The van der Waals surface area contributed by atoms with E-state index in [0.717, 1.165) is 12.8 Å². The Hall–Kier alpha value is 0.530. The van der Waals surface area contributed by atoms with Gasteiger partial charge in [0.05, 0.1) is 11.5 Å². The Morgan fingerprint density at radius 2 is 2.00 bits per heavy atom. The minimum atomic E-state index is -2.92. The molecule has 0 amide bonds. The summed E-state index contributed by atoms with van der Waals surface area (Å²) in [4.78, 5) is 0. The second-order valence-corrected chi connectivity index (χ2v) is 7.40. The van der Waals surface area contributed by atoms with Crippen molar-refractivity contribution >= 4 is 33.0 Å². The van der Waals surface area contributed by atoms with Gasteiger partial charge in [0.2, 0.25) is 0 Å². The number of sulfone groups is 1. The molecule has 0 spiro atoms. The summed E-state index contributed by atoms with van der Waals surface area (Å²) in [5.74, 6) is 0.377. The summed E-state index contributed by atoms with van der Waals surface area (Å²) >= 11 is 11.5. The lowest BCUT2D eigenvalue weighted by molar-refractivity contribution is 0.588. The second-order valence-electron chi connectivity index (χ2n) is 3.63. The number of alkyl halides is 2. The van der Waals surface area contributed by atoms with Gasteiger partial charge in [0.1, 0.15) is 4.33 Å². The summed E-state index contributed by atoms with van der Waals surface area (Å²) < 4.78 is 22.1. The van der Waals surface area contributed by atoms with Gasteiger partial charge in [-0.05, 0) is 12.8 Å². The molecule has 1 unspecified atom stereocenters. The van der Waals surface area contributed by atoms with Crippen molar-refractivity contribution < 1.29 is 8.42 Å². The molecule has 78 valence electrons. The lowest BCUT2D eigenvalue weighted by atomic mass is 10.4. The Balaban J connectivity index is 2.36. The standard InChI is InChI=1S/C8H14Cl2O2S/c1-2-3-4-13(11,12)6-7-5-8(7,9)10/h7H,2-6H2,1H3. The van der Waals surface area contributed by atoms with Gasteiger partial charge >= 0.3 is 0 Å². The molecule has 0 aromatic carbocycles. The highest BCUT2D eigenvalue weighted by atomic mass is 35.5. The van der Waals surface area contributed by atoms with Crippen molar-refractivity contribution in [2.75, 3.05) is 11.5 Å². The van der Waals surface area contributed by atoms with Crippen LogP contribution in [0.1, 0.15) is 26.2 Å². The molecule has 0 N–H and O–H groups in total. The fourth-order valence-electron chi connectivity index (χ4n) is 1.20. The molecule has 2 nitrogen and oxygen atoms in total. The number of rotatable bonds is 5. The Labute approximate surface area is 89.5 Å². The highest BCUT2D eigenvalue weighted by molar-refractivity contribution is 7.91. The molecule has 5 heteroatoms. The Bertz CT molecular complexity index is 272. The summed E-state index contributed by atoms with van der Waals surface area (Å²) in [6.45, 7) is 1.97. The Morgan fingerprint density at radius 1 is 1.46 bits per heavy atom. The summed E-state index contributed by atoms with van der Waals surface area (Å²) in [5, 5.41) is 0. The van der Waals surface area contributed by atoms with Gasteiger partial charge in [-0.25, -0.2) is 8.42 Å². The maximum absolute atomic E-state index is 11.4. The lowest BCUT2D eigenvalue weighted by Crippen LogP contribution is -2.14. The van der Waals surface area contributed by atoms with Crippen LogP contribution in [-0.4, -0.2) is 24.3 Å².